The highest BCUT2D eigenvalue weighted by atomic mass is 79.9. The van der Waals surface area contributed by atoms with Crippen molar-refractivity contribution in [3.05, 3.63) is 34.3 Å². The summed E-state index contributed by atoms with van der Waals surface area (Å²) in [7, 11) is 0. The molecule has 2 fully saturated rings. The zero-order valence-electron chi connectivity index (χ0n) is 11.0. The molecule has 0 spiro atoms. The first-order valence-corrected chi connectivity index (χ1v) is 7.60. The monoisotopic (exact) mass is 337 g/mol. The van der Waals surface area contributed by atoms with E-state index in [0.717, 1.165) is 22.9 Å². The summed E-state index contributed by atoms with van der Waals surface area (Å²) in [5.41, 5.74) is 0.632. The molecule has 0 bridgehead atoms. The number of hydrogen-bond acceptors (Lipinski definition) is 2. The second-order valence-electron chi connectivity index (χ2n) is 5.67. The fraction of sp³-hybridized carbons (Fsp3) is 0.467. The van der Waals surface area contributed by atoms with Crippen LogP contribution in [0.2, 0.25) is 0 Å². The van der Waals surface area contributed by atoms with E-state index in [1.54, 1.807) is 4.90 Å². The van der Waals surface area contributed by atoms with Crippen LogP contribution in [0.5, 0.6) is 0 Å². The van der Waals surface area contributed by atoms with E-state index in [-0.39, 0.29) is 5.91 Å². The average molecular weight is 338 g/mol. The number of carbonyl (C=O) groups is 2. The second-order valence-corrected chi connectivity index (χ2v) is 6.58. The molecule has 3 rings (SSSR count). The van der Waals surface area contributed by atoms with Gasteiger partial charge in [0.05, 0.1) is 11.3 Å². The number of nitrogens with zero attached hydrogens (tertiary/aromatic N) is 1. The Labute approximate surface area is 125 Å². The quantitative estimate of drug-likeness (QED) is 0.921. The van der Waals surface area contributed by atoms with Gasteiger partial charge in [-0.1, -0.05) is 28.1 Å². The molecule has 1 amide bonds. The lowest BCUT2D eigenvalue weighted by Gasteiger charge is -2.23. The average Bonchev–Trinajstić information content (AvgIpc) is 3.08. The summed E-state index contributed by atoms with van der Waals surface area (Å²) in [6, 6.07) is 7.87. The third-order valence-electron chi connectivity index (χ3n) is 4.36. The van der Waals surface area contributed by atoms with Gasteiger partial charge in [0.1, 0.15) is 0 Å². The minimum atomic E-state index is -0.799. The number of amides is 1. The van der Waals surface area contributed by atoms with E-state index in [1.165, 1.54) is 0 Å². The predicted octanol–water partition coefficient (Wildman–Crippen LogP) is 2.41. The number of aliphatic carboxylic acids is 1. The summed E-state index contributed by atoms with van der Waals surface area (Å²) < 4.78 is 0.971. The van der Waals surface area contributed by atoms with Crippen molar-refractivity contribution in [2.24, 2.45) is 5.92 Å². The van der Waals surface area contributed by atoms with Crippen LogP contribution in [0.3, 0.4) is 0 Å². The van der Waals surface area contributed by atoms with Crippen LogP contribution < -0.4 is 0 Å². The van der Waals surface area contributed by atoms with Crippen LogP contribution in [-0.2, 0) is 15.0 Å². The van der Waals surface area contributed by atoms with Crippen molar-refractivity contribution in [2.45, 2.75) is 24.7 Å². The largest absolute Gasteiger partial charge is 0.481 e. The van der Waals surface area contributed by atoms with Gasteiger partial charge in [-0.15, -0.1) is 0 Å². The molecular weight excluding hydrogens is 322 g/mol. The maximum absolute atomic E-state index is 12.7. The van der Waals surface area contributed by atoms with E-state index in [0.29, 0.717) is 19.5 Å². The number of likely N-dealkylation sites (tertiary alicyclic amines) is 1. The number of hydrogen-bond donors (Lipinski definition) is 1. The first-order valence-electron chi connectivity index (χ1n) is 6.81. The Morgan fingerprint density at radius 1 is 1.35 bits per heavy atom. The minimum absolute atomic E-state index is 0.0966. The molecule has 1 saturated carbocycles. The van der Waals surface area contributed by atoms with Gasteiger partial charge in [0.2, 0.25) is 5.91 Å². The van der Waals surface area contributed by atoms with E-state index in [1.807, 2.05) is 24.3 Å². The standard InChI is InChI=1S/C15H16BrNO3/c16-12-3-1-2-11(8-12)15(5-6-15)14(20)17-7-4-10(9-17)13(18)19/h1-3,8,10H,4-7,9H2,(H,18,19)/t10-/m0/s1. The SMILES string of the molecule is O=C(O)[C@H]1CCN(C(=O)C2(c3cccc(Br)c3)CC2)C1. The maximum atomic E-state index is 12.7. The fourth-order valence-corrected chi connectivity index (χ4v) is 3.39. The maximum Gasteiger partial charge on any atom is 0.308 e. The smallest absolute Gasteiger partial charge is 0.308 e. The van der Waals surface area contributed by atoms with Gasteiger partial charge in [0.15, 0.2) is 0 Å². The van der Waals surface area contributed by atoms with Crippen molar-refractivity contribution in [3.63, 3.8) is 0 Å². The lowest BCUT2D eigenvalue weighted by molar-refractivity contribution is -0.141. The fourth-order valence-electron chi connectivity index (χ4n) is 2.99. The Balaban J connectivity index is 1.79. The molecule has 1 atom stereocenters. The van der Waals surface area contributed by atoms with Crippen LogP contribution in [0, 0.1) is 5.92 Å². The lowest BCUT2D eigenvalue weighted by Crippen LogP contribution is -2.38. The Bertz CT molecular complexity index is 568. The molecule has 1 aliphatic heterocycles. The van der Waals surface area contributed by atoms with Crippen molar-refractivity contribution in [1.29, 1.82) is 0 Å². The molecule has 106 valence electrons. The molecule has 0 unspecified atom stereocenters. The molecule has 20 heavy (non-hydrogen) atoms. The number of rotatable bonds is 3. The van der Waals surface area contributed by atoms with Crippen LogP contribution in [-0.4, -0.2) is 35.0 Å². The highest BCUT2D eigenvalue weighted by molar-refractivity contribution is 9.10. The van der Waals surface area contributed by atoms with Crippen molar-refractivity contribution >= 4 is 27.8 Å². The van der Waals surface area contributed by atoms with E-state index in [4.69, 9.17) is 5.11 Å². The van der Waals surface area contributed by atoms with Crippen LogP contribution >= 0.6 is 15.9 Å². The first-order chi connectivity index (χ1) is 9.53. The summed E-state index contributed by atoms with van der Waals surface area (Å²) in [4.78, 5) is 25.5. The number of halogens is 1. The Morgan fingerprint density at radius 2 is 2.10 bits per heavy atom. The molecule has 0 aromatic heterocycles. The molecule has 1 N–H and O–H groups in total. The zero-order valence-corrected chi connectivity index (χ0v) is 12.6. The van der Waals surface area contributed by atoms with Gasteiger partial charge in [-0.05, 0) is 37.0 Å². The van der Waals surface area contributed by atoms with E-state index in [9.17, 15) is 9.59 Å². The van der Waals surface area contributed by atoms with Gasteiger partial charge in [-0.3, -0.25) is 9.59 Å². The normalized spacial score (nSPS) is 23.6. The highest BCUT2D eigenvalue weighted by Crippen LogP contribution is 2.50. The Morgan fingerprint density at radius 3 is 2.65 bits per heavy atom. The Kier molecular flexibility index (Phi) is 3.32. The topological polar surface area (TPSA) is 57.6 Å². The van der Waals surface area contributed by atoms with Crippen LogP contribution in [0.4, 0.5) is 0 Å². The summed E-state index contributed by atoms with van der Waals surface area (Å²) >= 11 is 3.44. The van der Waals surface area contributed by atoms with Gasteiger partial charge in [-0.2, -0.15) is 0 Å². The van der Waals surface area contributed by atoms with Crippen LogP contribution in [0.25, 0.3) is 0 Å². The van der Waals surface area contributed by atoms with Crippen LogP contribution in [0.15, 0.2) is 28.7 Å². The van der Waals surface area contributed by atoms with Gasteiger partial charge in [0.25, 0.3) is 0 Å². The van der Waals surface area contributed by atoms with E-state index >= 15 is 0 Å². The first kappa shape index (κ1) is 13.6. The number of carboxylic acid groups (broad SMARTS) is 1. The van der Waals surface area contributed by atoms with Crippen molar-refractivity contribution in [2.75, 3.05) is 13.1 Å². The number of benzene rings is 1. The molecule has 2 aliphatic rings. The lowest BCUT2D eigenvalue weighted by atomic mass is 9.94. The number of carboxylic acids is 1. The molecule has 1 aromatic rings. The molecule has 0 radical (unpaired) electrons. The highest BCUT2D eigenvalue weighted by Gasteiger charge is 2.54. The molecular formula is C15H16BrNO3. The molecule has 4 nitrogen and oxygen atoms in total. The van der Waals surface area contributed by atoms with Gasteiger partial charge in [0, 0.05) is 17.6 Å². The molecule has 1 heterocycles. The van der Waals surface area contributed by atoms with Crippen molar-refractivity contribution in [3.8, 4) is 0 Å². The van der Waals surface area contributed by atoms with Gasteiger partial charge >= 0.3 is 5.97 Å². The van der Waals surface area contributed by atoms with Crippen LogP contribution in [0.1, 0.15) is 24.8 Å². The van der Waals surface area contributed by atoms with Gasteiger partial charge < -0.3 is 10.0 Å². The number of carbonyl (C=O) groups excluding carboxylic acids is 1. The summed E-state index contributed by atoms with van der Waals surface area (Å²) in [5.74, 6) is -1.11. The van der Waals surface area contributed by atoms with Crippen molar-refractivity contribution < 1.29 is 14.7 Å². The third-order valence-corrected chi connectivity index (χ3v) is 4.85. The van der Waals surface area contributed by atoms with E-state index < -0.39 is 17.3 Å². The molecule has 1 saturated heterocycles. The van der Waals surface area contributed by atoms with E-state index in [2.05, 4.69) is 15.9 Å². The predicted molar refractivity (Wildman–Crippen MR) is 77.4 cm³/mol. The summed E-state index contributed by atoms with van der Waals surface area (Å²) in [6.45, 7) is 0.912. The van der Waals surface area contributed by atoms with Gasteiger partial charge in [-0.25, -0.2) is 0 Å². The summed E-state index contributed by atoms with van der Waals surface area (Å²) in [6.07, 6.45) is 2.28. The molecule has 1 aliphatic carbocycles. The zero-order chi connectivity index (χ0) is 14.3. The molecule has 5 heteroatoms. The summed E-state index contributed by atoms with van der Waals surface area (Å²) in [5, 5.41) is 9.04. The third kappa shape index (κ3) is 2.24. The minimum Gasteiger partial charge on any atom is -0.481 e. The van der Waals surface area contributed by atoms with Crippen molar-refractivity contribution in [1.82, 2.24) is 4.90 Å². The molecule has 1 aromatic carbocycles. The second kappa shape index (κ2) is 4.88. The Hall–Kier alpha value is -1.36.